The Bertz CT molecular complexity index is 1090. The van der Waals surface area contributed by atoms with Crippen LogP contribution in [-0.4, -0.2) is 87.5 Å². The first-order valence-electron chi connectivity index (χ1n) is 28.5. The fraction of sp³-hybridized carbons (Fsp3) is 0.912. The van der Waals surface area contributed by atoms with Gasteiger partial charge in [0.1, 0.15) is 24.4 Å². The maximum Gasteiger partial charge on any atom is 0.220 e. The second kappa shape index (κ2) is 47.4. The smallest absolute Gasteiger partial charge is 0.220 e. The number of carbonyl (C=O) groups excluding carboxylic acids is 1. The van der Waals surface area contributed by atoms with Crippen molar-refractivity contribution in [2.75, 3.05) is 13.2 Å². The fourth-order valence-electron chi connectivity index (χ4n) is 9.25. The van der Waals surface area contributed by atoms with Crippen LogP contribution in [-0.2, 0) is 14.3 Å². The van der Waals surface area contributed by atoms with Crippen molar-refractivity contribution in [1.82, 2.24) is 5.32 Å². The van der Waals surface area contributed by atoms with Crippen molar-refractivity contribution in [2.45, 2.75) is 320 Å². The minimum atomic E-state index is -1.55. The van der Waals surface area contributed by atoms with E-state index in [9.17, 15) is 30.3 Å². The maximum absolute atomic E-state index is 13.0. The van der Waals surface area contributed by atoms with E-state index in [0.29, 0.717) is 12.8 Å². The van der Waals surface area contributed by atoms with Gasteiger partial charge in [-0.3, -0.25) is 4.79 Å². The molecule has 1 heterocycles. The summed E-state index contributed by atoms with van der Waals surface area (Å²) in [5.74, 6) is -0.141. The molecule has 0 aromatic carbocycles. The van der Waals surface area contributed by atoms with Crippen molar-refractivity contribution in [3.05, 3.63) is 24.3 Å². The third-order valence-corrected chi connectivity index (χ3v) is 13.8. The minimum absolute atomic E-state index is 0.134. The van der Waals surface area contributed by atoms with Crippen LogP contribution in [0.2, 0.25) is 0 Å². The number of hydrogen-bond donors (Lipinski definition) is 6. The average Bonchev–Trinajstić information content (AvgIpc) is 3.32. The largest absolute Gasteiger partial charge is 0.394 e. The number of allylic oxidation sites excluding steroid dienone is 4. The molecule has 6 N–H and O–H groups in total. The lowest BCUT2D eigenvalue weighted by Gasteiger charge is -2.40. The number of aliphatic hydroxyl groups excluding tert-OH is 5. The molecule has 390 valence electrons. The van der Waals surface area contributed by atoms with Crippen LogP contribution in [0.5, 0.6) is 0 Å². The van der Waals surface area contributed by atoms with Gasteiger partial charge in [-0.25, -0.2) is 0 Å². The molecule has 9 nitrogen and oxygen atoms in total. The first-order chi connectivity index (χ1) is 32.3. The molecule has 0 aromatic rings. The third-order valence-electron chi connectivity index (χ3n) is 13.8. The molecule has 0 radical (unpaired) electrons. The Morgan fingerprint density at radius 2 is 0.894 bits per heavy atom. The predicted octanol–water partition coefficient (Wildman–Crippen LogP) is 13.8. The van der Waals surface area contributed by atoms with E-state index >= 15 is 0 Å². The van der Waals surface area contributed by atoms with Crippen molar-refractivity contribution in [3.8, 4) is 0 Å². The Labute approximate surface area is 407 Å². The number of aliphatic hydroxyl groups is 5. The average molecular weight is 936 g/mol. The summed E-state index contributed by atoms with van der Waals surface area (Å²) in [6.07, 6.45) is 52.2. The zero-order valence-electron chi connectivity index (χ0n) is 43.2. The fourth-order valence-corrected chi connectivity index (χ4v) is 9.25. The van der Waals surface area contributed by atoms with Crippen LogP contribution in [0.25, 0.3) is 0 Å². The maximum atomic E-state index is 13.0. The molecular formula is C57H109NO8. The van der Waals surface area contributed by atoms with E-state index in [4.69, 9.17) is 9.47 Å². The van der Waals surface area contributed by atoms with Crippen molar-refractivity contribution >= 4 is 5.91 Å². The highest BCUT2D eigenvalue weighted by molar-refractivity contribution is 5.76. The van der Waals surface area contributed by atoms with Gasteiger partial charge >= 0.3 is 0 Å². The minimum Gasteiger partial charge on any atom is -0.394 e. The quantitative estimate of drug-likeness (QED) is 0.0261. The second-order valence-electron chi connectivity index (χ2n) is 20.1. The summed E-state index contributed by atoms with van der Waals surface area (Å²) in [7, 11) is 0. The molecule has 9 heteroatoms. The Morgan fingerprint density at radius 1 is 0.515 bits per heavy atom. The van der Waals surface area contributed by atoms with Crippen molar-refractivity contribution in [2.24, 2.45) is 0 Å². The number of ether oxygens (including phenoxy) is 2. The van der Waals surface area contributed by atoms with Gasteiger partial charge < -0.3 is 40.3 Å². The Balaban J connectivity index is 2.10. The lowest BCUT2D eigenvalue weighted by atomic mass is 9.99. The molecule has 1 rings (SSSR count). The van der Waals surface area contributed by atoms with Crippen LogP contribution in [0.15, 0.2) is 24.3 Å². The van der Waals surface area contributed by atoms with E-state index in [0.717, 1.165) is 44.9 Å². The van der Waals surface area contributed by atoms with Gasteiger partial charge in [-0.15, -0.1) is 0 Å². The predicted molar refractivity (Wildman–Crippen MR) is 277 cm³/mol. The molecule has 7 unspecified atom stereocenters. The van der Waals surface area contributed by atoms with Crippen LogP contribution in [0.4, 0.5) is 0 Å². The van der Waals surface area contributed by atoms with Gasteiger partial charge in [0.2, 0.25) is 5.91 Å². The normalized spacial score (nSPS) is 19.9. The molecule has 7 atom stereocenters. The van der Waals surface area contributed by atoms with Crippen LogP contribution >= 0.6 is 0 Å². The SMILES string of the molecule is CCCCCCC/C=C\C/C=C\CCCCCCCCCCCCCCCCCCCCCC(=O)NC(COC1OC(CO)C(O)C(O)C1O)C(O)CCCCCCCCCCCCCC. The molecule has 0 spiro atoms. The summed E-state index contributed by atoms with van der Waals surface area (Å²) in [5.41, 5.74) is 0. The Kier molecular flexibility index (Phi) is 45.0. The zero-order valence-corrected chi connectivity index (χ0v) is 43.2. The third kappa shape index (κ3) is 36.6. The molecule has 0 aliphatic carbocycles. The summed E-state index contributed by atoms with van der Waals surface area (Å²) in [6, 6.07) is -0.715. The second-order valence-corrected chi connectivity index (χ2v) is 20.1. The molecule has 0 aromatic heterocycles. The van der Waals surface area contributed by atoms with E-state index in [-0.39, 0.29) is 12.5 Å². The monoisotopic (exact) mass is 936 g/mol. The summed E-state index contributed by atoms with van der Waals surface area (Å²) < 4.78 is 11.3. The first-order valence-corrected chi connectivity index (χ1v) is 28.5. The topological polar surface area (TPSA) is 149 Å². The van der Waals surface area contributed by atoms with Crippen LogP contribution in [0.1, 0.15) is 277 Å². The van der Waals surface area contributed by atoms with Gasteiger partial charge in [0.15, 0.2) is 6.29 Å². The van der Waals surface area contributed by atoms with Gasteiger partial charge in [-0.1, -0.05) is 250 Å². The van der Waals surface area contributed by atoms with Gasteiger partial charge in [0.05, 0.1) is 25.4 Å². The van der Waals surface area contributed by atoms with Gasteiger partial charge in [0, 0.05) is 6.42 Å². The highest BCUT2D eigenvalue weighted by Crippen LogP contribution is 2.23. The number of amides is 1. The van der Waals surface area contributed by atoms with Crippen LogP contribution in [0.3, 0.4) is 0 Å². The van der Waals surface area contributed by atoms with E-state index in [1.165, 1.54) is 205 Å². The number of unbranched alkanes of at least 4 members (excludes halogenated alkanes) is 35. The Hall–Kier alpha value is -1.33. The van der Waals surface area contributed by atoms with Gasteiger partial charge in [0.25, 0.3) is 0 Å². The summed E-state index contributed by atoms with van der Waals surface area (Å²) in [6.45, 7) is 3.84. The van der Waals surface area contributed by atoms with E-state index in [1.807, 2.05) is 0 Å². The molecule has 1 aliphatic heterocycles. The molecule has 0 bridgehead atoms. The number of rotatable bonds is 49. The highest BCUT2D eigenvalue weighted by Gasteiger charge is 2.44. The van der Waals surface area contributed by atoms with Crippen LogP contribution in [0, 0.1) is 0 Å². The number of nitrogens with one attached hydrogen (secondary N) is 1. The summed E-state index contributed by atoms with van der Waals surface area (Å²) >= 11 is 0. The van der Waals surface area contributed by atoms with E-state index in [2.05, 4.69) is 43.5 Å². The standard InChI is InChI=1S/C57H109NO8/c1-3-5-7-9-11-13-15-17-18-19-20-21-22-23-24-25-26-27-28-29-30-31-32-33-34-35-37-39-41-43-45-47-53(61)58-50(49-65-57-56(64)55(63)54(62)52(48-59)66-57)51(60)46-44-42-40-38-36-16-14-12-10-8-6-4-2/h15,17,19-20,50-52,54-57,59-60,62-64H,3-14,16,18,21-49H2,1-2H3,(H,58,61)/b17-15-,20-19-. The number of hydrogen-bond acceptors (Lipinski definition) is 8. The van der Waals surface area contributed by atoms with E-state index in [1.54, 1.807) is 0 Å². The van der Waals surface area contributed by atoms with Crippen LogP contribution < -0.4 is 5.32 Å². The van der Waals surface area contributed by atoms with E-state index < -0.39 is 49.5 Å². The summed E-state index contributed by atoms with van der Waals surface area (Å²) in [5, 5.41) is 54.5. The summed E-state index contributed by atoms with van der Waals surface area (Å²) in [4.78, 5) is 13.0. The zero-order chi connectivity index (χ0) is 48.0. The van der Waals surface area contributed by atoms with Gasteiger partial charge in [-0.05, 0) is 44.9 Å². The lowest BCUT2D eigenvalue weighted by molar-refractivity contribution is -0.302. The molecule has 1 saturated heterocycles. The number of carbonyl (C=O) groups is 1. The molecule has 1 fully saturated rings. The van der Waals surface area contributed by atoms with Crippen molar-refractivity contribution < 1.29 is 39.8 Å². The van der Waals surface area contributed by atoms with Crippen molar-refractivity contribution in [1.29, 1.82) is 0 Å². The molecule has 66 heavy (non-hydrogen) atoms. The molecular weight excluding hydrogens is 827 g/mol. The first kappa shape index (κ1) is 62.7. The van der Waals surface area contributed by atoms with Crippen molar-refractivity contribution in [3.63, 3.8) is 0 Å². The van der Waals surface area contributed by atoms with Gasteiger partial charge in [-0.2, -0.15) is 0 Å². The highest BCUT2D eigenvalue weighted by atomic mass is 16.7. The molecule has 1 amide bonds. The Morgan fingerprint density at radius 3 is 1.30 bits per heavy atom. The lowest BCUT2D eigenvalue weighted by Crippen LogP contribution is -2.60. The molecule has 0 saturated carbocycles. The molecule has 1 aliphatic rings.